The number of nitrogens with zero attached hydrogens (tertiary/aromatic N) is 1. The van der Waals surface area contributed by atoms with Crippen LogP contribution in [0.15, 0.2) is 24.3 Å². The molecule has 1 aromatic carbocycles. The summed E-state index contributed by atoms with van der Waals surface area (Å²) in [6.45, 7) is 4.74. The first-order valence-electron chi connectivity index (χ1n) is 5.07. The molecule has 1 N–H and O–H groups in total. The Morgan fingerprint density at radius 3 is 2.50 bits per heavy atom. The van der Waals surface area contributed by atoms with Crippen molar-refractivity contribution in [1.29, 1.82) is 0 Å². The number of aromatic nitrogens is 1. The van der Waals surface area contributed by atoms with Crippen molar-refractivity contribution in [2.75, 3.05) is 5.32 Å². The second kappa shape index (κ2) is 4.61. The van der Waals surface area contributed by atoms with Crippen LogP contribution in [0.5, 0.6) is 0 Å². The van der Waals surface area contributed by atoms with Gasteiger partial charge in [-0.1, -0.05) is 0 Å². The van der Waals surface area contributed by atoms with E-state index in [9.17, 15) is 4.39 Å². The Hall–Kier alpha value is -1.42. The van der Waals surface area contributed by atoms with Gasteiger partial charge in [-0.3, -0.25) is 0 Å². The van der Waals surface area contributed by atoms with E-state index >= 15 is 0 Å². The van der Waals surface area contributed by atoms with Crippen LogP contribution in [0, 0.1) is 19.7 Å². The first kappa shape index (κ1) is 11.1. The molecule has 0 spiro atoms. The summed E-state index contributed by atoms with van der Waals surface area (Å²) in [5.74, 6) is -0.213. The molecule has 84 valence electrons. The predicted octanol–water partition coefficient (Wildman–Crippen LogP) is 3.51. The lowest BCUT2D eigenvalue weighted by Gasteiger charge is -2.04. The maximum absolute atomic E-state index is 12.7. The van der Waals surface area contributed by atoms with E-state index in [0.717, 1.165) is 22.9 Å². The smallest absolute Gasteiger partial charge is 0.123 e. The lowest BCUT2D eigenvalue weighted by molar-refractivity contribution is 0.628. The number of anilines is 1. The topological polar surface area (TPSA) is 24.9 Å². The summed E-state index contributed by atoms with van der Waals surface area (Å²) in [4.78, 5) is 5.58. The molecule has 0 aliphatic heterocycles. The molecule has 16 heavy (non-hydrogen) atoms. The fourth-order valence-electron chi connectivity index (χ4n) is 1.49. The van der Waals surface area contributed by atoms with E-state index in [0.29, 0.717) is 0 Å². The summed E-state index contributed by atoms with van der Waals surface area (Å²) < 4.78 is 12.7. The molecule has 0 bridgehead atoms. The number of hydrogen-bond acceptors (Lipinski definition) is 3. The summed E-state index contributed by atoms with van der Waals surface area (Å²) in [6, 6.07) is 6.37. The standard InChI is InChI=1S/C12H13FN2S/c1-8-12(16-9(2)15-8)7-14-11-5-3-10(13)4-6-11/h3-6,14H,7H2,1-2H3. The van der Waals surface area contributed by atoms with Crippen molar-refractivity contribution in [2.45, 2.75) is 20.4 Å². The highest BCUT2D eigenvalue weighted by molar-refractivity contribution is 7.11. The van der Waals surface area contributed by atoms with Crippen molar-refractivity contribution < 1.29 is 4.39 Å². The van der Waals surface area contributed by atoms with Crippen molar-refractivity contribution in [2.24, 2.45) is 0 Å². The van der Waals surface area contributed by atoms with E-state index in [4.69, 9.17) is 0 Å². The lowest BCUT2D eigenvalue weighted by Crippen LogP contribution is -1.98. The summed E-state index contributed by atoms with van der Waals surface area (Å²) in [5, 5.41) is 4.32. The second-order valence-electron chi connectivity index (χ2n) is 3.60. The maximum Gasteiger partial charge on any atom is 0.123 e. The number of benzene rings is 1. The first-order valence-corrected chi connectivity index (χ1v) is 5.89. The SMILES string of the molecule is Cc1nc(C)c(CNc2ccc(F)cc2)s1. The Morgan fingerprint density at radius 2 is 1.94 bits per heavy atom. The van der Waals surface area contributed by atoms with Gasteiger partial charge in [0, 0.05) is 10.6 Å². The monoisotopic (exact) mass is 236 g/mol. The molecule has 0 unspecified atom stereocenters. The molecule has 0 aliphatic carbocycles. The van der Waals surface area contributed by atoms with Crippen LogP contribution >= 0.6 is 11.3 Å². The van der Waals surface area contributed by atoms with Crippen LogP contribution in [0.25, 0.3) is 0 Å². The molecule has 0 radical (unpaired) electrons. The molecule has 0 aliphatic rings. The summed E-state index contributed by atoms with van der Waals surface area (Å²) in [5.41, 5.74) is 1.99. The molecule has 2 rings (SSSR count). The van der Waals surface area contributed by atoms with E-state index in [2.05, 4.69) is 10.3 Å². The van der Waals surface area contributed by atoms with E-state index in [-0.39, 0.29) is 5.82 Å². The number of thiazole rings is 1. The van der Waals surface area contributed by atoms with Crippen molar-refractivity contribution >= 4 is 17.0 Å². The minimum atomic E-state index is -0.213. The molecule has 1 heterocycles. The Bertz CT molecular complexity index is 476. The first-order chi connectivity index (χ1) is 7.65. The highest BCUT2D eigenvalue weighted by atomic mass is 32.1. The lowest BCUT2D eigenvalue weighted by atomic mass is 10.3. The highest BCUT2D eigenvalue weighted by Gasteiger charge is 2.03. The van der Waals surface area contributed by atoms with Gasteiger partial charge in [-0.05, 0) is 38.1 Å². The molecule has 0 saturated heterocycles. The molecule has 0 saturated carbocycles. The van der Waals surface area contributed by atoms with Crippen LogP contribution < -0.4 is 5.32 Å². The average molecular weight is 236 g/mol. The van der Waals surface area contributed by atoms with Crippen molar-refractivity contribution in [3.63, 3.8) is 0 Å². The van der Waals surface area contributed by atoms with Crippen LogP contribution in [0.4, 0.5) is 10.1 Å². The third kappa shape index (κ3) is 2.58. The van der Waals surface area contributed by atoms with Gasteiger partial charge < -0.3 is 5.32 Å². The van der Waals surface area contributed by atoms with Gasteiger partial charge in [0.15, 0.2) is 0 Å². The summed E-state index contributed by atoms with van der Waals surface area (Å²) >= 11 is 1.69. The van der Waals surface area contributed by atoms with Crippen molar-refractivity contribution in [3.8, 4) is 0 Å². The largest absolute Gasteiger partial charge is 0.380 e. The quantitative estimate of drug-likeness (QED) is 0.882. The van der Waals surface area contributed by atoms with Gasteiger partial charge in [0.2, 0.25) is 0 Å². The zero-order valence-electron chi connectivity index (χ0n) is 9.25. The van der Waals surface area contributed by atoms with E-state index in [1.54, 1.807) is 23.5 Å². The summed E-state index contributed by atoms with van der Waals surface area (Å²) in [7, 11) is 0. The summed E-state index contributed by atoms with van der Waals surface area (Å²) in [6.07, 6.45) is 0. The molecule has 0 atom stereocenters. The van der Waals surface area contributed by atoms with E-state index in [1.807, 2.05) is 13.8 Å². The average Bonchev–Trinajstić information content (AvgIpc) is 2.57. The molecule has 4 heteroatoms. The van der Waals surface area contributed by atoms with Gasteiger partial charge in [0.1, 0.15) is 5.82 Å². The van der Waals surface area contributed by atoms with Crippen molar-refractivity contribution in [1.82, 2.24) is 4.98 Å². The van der Waals surface area contributed by atoms with Crippen LogP contribution in [0.3, 0.4) is 0 Å². The normalized spacial score (nSPS) is 10.4. The number of aryl methyl sites for hydroxylation is 2. The van der Waals surface area contributed by atoms with Crippen molar-refractivity contribution in [3.05, 3.63) is 45.7 Å². The fourth-order valence-corrected chi connectivity index (χ4v) is 2.36. The Balaban J connectivity index is 2.02. The van der Waals surface area contributed by atoms with Gasteiger partial charge in [0.25, 0.3) is 0 Å². The van der Waals surface area contributed by atoms with Crippen LogP contribution in [-0.2, 0) is 6.54 Å². The van der Waals surface area contributed by atoms with Gasteiger partial charge in [-0.2, -0.15) is 0 Å². The van der Waals surface area contributed by atoms with Crippen LogP contribution in [-0.4, -0.2) is 4.98 Å². The third-order valence-corrected chi connectivity index (χ3v) is 3.37. The molecule has 2 nitrogen and oxygen atoms in total. The number of rotatable bonds is 3. The molecule has 0 fully saturated rings. The molecule has 1 aromatic heterocycles. The highest BCUT2D eigenvalue weighted by Crippen LogP contribution is 2.18. The van der Waals surface area contributed by atoms with Crippen LogP contribution in [0.2, 0.25) is 0 Å². The minimum absolute atomic E-state index is 0.213. The van der Waals surface area contributed by atoms with Gasteiger partial charge in [-0.25, -0.2) is 9.37 Å². The number of halogens is 1. The third-order valence-electron chi connectivity index (χ3n) is 2.30. The minimum Gasteiger partial charge on any atom is -0.380 e. The molecular weight excluding hydrogens is 223 g/mol. The molecule has 2 aromatic rings. The fraction of sp³-hybridized carbons (Fsp3) is 0.250. The Kier molecular flexibility index (Phi) is 3.19. The zero-order valence-corrected chi connectivity index (χ0v) is 10.1. The van der Waals surface area contributed by atoms with E-state index in [1.165, 1.54) is 17.0 Å². The Morgan fingerprint density at radius 1 is 1.25 bits per heavy atom. The maximum atomic E-state index is 12.7. The van der Waals surface area contributed by atoms with E-state index < -0.39 is 0 Å². The van der Waals surface area contributed by atoms with Gasteiger partial charge in [-0.15, -0.1) is 11.3 Å². The molecular formula is C12H13FN2S. The Labute approximate surface area is 98.2 Å². The number of hydrogen-bond donors (Lipinski definition) is 1. The van der Waals surface area contributed by atoms with Gasteiger partial charge >= 0.3 is 0 Å². The molecule has 0 amide bonds. The van der Waals surface area contributed by atoms with Crippen LogP contribution in [0.1, 0.15) is 15.6 Å². The zero-order chi connectivity index (χ0) is 11.5. The second-order valence-corrected chi connectivity index (χ2v) is 4.89. The number of nitrogens with one attached hydrogen (secondary N) is 1. The predicted molar refractivity (Wildman–Crippen MR) is 65.3 cm³/mol. The van der Waals surface area contributed by atoms with Gasteiger partial charge in [0.05, 0.1) is 17.2 Å².